The fourth-order valence-electron chi connectivity index (χ4n) is 2.35. The Morgan fingerprint density at radius 2 is 1.96 bits per heavy atom. The summed E-state index contributed by atoms with van der Waals surface area (Å²) in [4.78, 5) is 16.6. The Morgan fingerprint density at radius 1 is 1.22 bits per heavy atom. The number of amides is 1. The Labute approximate surface area is 141 Å². The van der Waals surface area contributed by atoms with Crippen molar-refractivity contribution >= 4 is 38.6 Å². The molecule has 0 aliphatic rings. The first-order valence-electron chi connectivity index (χ1n) is 7.04. The van der Waals surface area contributed by atoms with E-state index in [0.717, 1.165) is 15.4 Å². The zero-order valence-electron chi connectivity index (χ0n) is 12.9. The molecule has 3 aromatic rings. The Bertz CT molecular complexity index is 931. The third-order valence-corrected chi connectivity index (χ3v) is 4.32. The summed E-state index contributed by atoms with van der Waals surface area (Å²) in [5.41, 5.74) is 2.53. The quantitative estimate of drug-likeness (QED) is 0.693. The molecule has 2 N–H and O–H groups in total. The smallest absolute Gasteiger partial charge is 0.292 e. The van der Waals surface area contributed by atoms with E-state index in [1.54, 1.807) is 32.9 Å². The minimum absolute atomic E-state index is 0.147. The number of aromatic hydroxyl groups is 1. The van der Waals surface area contributed by atoms with Crippen LogP contribution in [-0.4, -0.2) is 16.0 Å². The van der Waals surface area contributed by atoms with Gasteiger partial charge in [0.2, 0.25) is 0 Å². The second-order valence-electron chi connectivity index (χ2n) is 5.39. The number of carbonyl (C=O) groups excluding carboxylic acids is 1. The van der Waals surface area contributed by atoms with Crippen LogP contribution in [0.4, 0.5) is 5.82 Å². The number of furan rings is 1. The highest BCUT2D eigenvalue weighted by atomic mass is 79.9. The van der Waals surface area contributed by atoms with Crippen LogP contribution in [0.3, 0.4) is 0 Å². The largest absolute Gasteiger partial charge is 0.506 e. The fraction of sp³-hybridized carbons (Fsp3) is 0.176. The highest BCUT2D eigenvalue weighted by Gasteiger charge is 2.17. The molecule has 0 spiro atoms. The van der Waals surface area contributed by atoms with Crippen molar-refractivity contribution in [2.75, 3.05) is 5.32 Å². The molecule has 0 aliphatic carbocycles. The summed E-state index contributed by atoms with van der Waals surface area (Å²) in [5.74, 6) is 0.401. The number of hydrogen-bond donors (Lipinski definition) is 2. The molecule has 1 amide bonds. The molecule has 0 unspecified atom stereocenters. The van der Waals surface area contributed by atoms with E-state index in [1.807, 2.05) is 12.1 Å². The number of carbonyl (C=O) groups is 1. The average Bonchev–Trinajstić information content (AvgIpc) is 2.93. The minimum atomic E-state index is -0.377. The summed E-state index contributed by atoms with van der Waals surface area (Å²) in [5, 5.41) is 13.5. The lowest BCUT2D eigenvalue weighted by Crippen LogP contribution is -2.14. The Hall–Kier alpha value is -2.34. The topological polar surface area (TPSA) is 75.4 Å². The normalized spacial score (nSPS) is 11.0. The van der Waals surface area contributed by atoms with Crippen molar-refractivity contribution in [3.63, 3.8) is 0 Å². The zero-order valence-corrected chi connectivity index (χ0v) is 14.5. The summed E-state index contributed by atoms with van der Waals surface area (Å²) in [6.07, 6.45) is 0. The van der Waals surface area contributed by atoms with Gasteiger partial charge in [-0.2, -0.15) is 0 Å². The molecule has 1 aromatic carbocycles. The molecular formula is C17H15BrN2O3. The number of nitrogens with zero attached hydrogens (tertiary/aromatic N) is 1. The molecule has 0 atom stereocenters. The Balaban J connectivity index is 1.95. The number of aromatic nitrogens is 1. The molecule has 118 valence electrons. The van der Waals surface area contributed by atoms with Crippen LogP contribution in [0.5, 0.6) is 5.75 Å². The number of hydrogen-bond acceptors (Lipinski definition) is 4. The number of fused-ring (bicyclic) bond motifs is 1. The lowest BCUT2D eigenvalue weighted by molar-refractivity contribution is 0.0998. The van der Waals surface area contributed by atoms with E-state index < -0.39 is 0 Å². The van der Waals surface area contributed by atoms with Crippen LogP contribution in [0.2, 0.25) is 0 Å². The van der Waals surface area contributed by atoms with Crippen molar-refractivity contribution < 1.29 is 14.3 Å². The lowest BCUT2D eigenvalue weighted by Gasteiger charge is -2.12. The van der Waals surface area contributed by atoms with Crippen molar-refractivity contribution in [2.45, 2.75) is 20.8 Å². The number of aryl methyl sites for hydroxylation is 1. The van der Waals surface area contributed by atoms with Gasteiger partial charge in [0, 0.05) is 9.86 Å². The van der Waals surface area contributed by atoms with E-state index in [0.29, 0.717) is 22.7 Å². The van der Waals surface area contributed by atoms with Gasteiger partial charge in [-0.1, -0.05) is 15.9 Å². The number of rotatable bonds is 2. The molecule has 2 heterocycles. The van der Waals surface area contributed by atoms with Crippen molar-refractivity contribution in [1.29, 1.82) is 0 Å². The molecule has 0 aliphatic heterocycles. The van der Waals surface area contributed by atoms with Gasteiger partial charge < -0.3 is 14.8 Å². The van der Waals surface area contributed by atoms with Gasteiger partial charge in [0.05, 0.1) is 5.69 Å². The average molecular weight is 375 g/mol. The maximum absolute atomic E-state index is 12.4. The Kier molecular flexibility index (Phi) is 3.85. The molecule has 2 aromatic heterocycles. The summed E-state index contributed by atoms with van der Waals surface area (Å²) < 4.78 is 6.49. The second kappa shape index (κ2) is 5.70. The molecule has 0 fully saturated rings. The monoisotopic (exact) mass is 374 g/mol. The zero-order chi connectivity index (χ0) is 16.7. The maximum atomic E-state index is 12.4. The molecule has 0 radical (unpaired) electrons. The van der Waals surface area contributed by atoms with E-state index in [9.17, 15) is 9.90 Å². The molecule has 0 saturated carbocycles. The number of anilines is 1. The maximum Gasteiger partial charge on any atom is 0.292 e. The third-order valence-electron chi connectivity index (χ3n) is 3.83. The number of nitrogens with one attached hydrogen (secondary N) is 1. The van der Waals surface area contributed by atoms with Crippen LogP contribution in [0.25, 0.3) is 11.0 Å². The molecular weight excluding hydrogens is 360 g/mol. The predicted molar refractivity (Wildman–Crippen MR) is 92.0 cm³/mol. The van der Waals surface area contributed by atoms with Crippen LogP contribution in [-0.2, 0) is 0 Å². The van der Waals surface area contributed by atoms with Crippen molar-refractivity contribution in [1.82, 2.24) is 4.98 Å². The van der Waals surface area contributed by atoms with Gasteiger partial charge in [-0.3, -0.25) is 4.79 Å². The van der Waals surface area contributed by atoms with Crippen LogP contribution in [0.1, 0.15) is 27.4 Å². The van der Waals surface area contributed by atoms with Crippen LogP contribution in [0, 0.1) is 20.8 Å². The van der Waals surface area contributed by atoms with E-state index >= 15 is 0 Å². The fourth-order valence-corrected chi connectivity index (χ4v) is 2.73. The molecule has 3 rings (SSSR count). The lowest BCUT2D eigenvalue weighted by atomic mass is 10.1. The Morgan fingerprint density at radius 3 is 2.70 bits per heavy atom. The summed E-state index contributed by atoms with van der Waals surface area (Å²) in [6, 6.07) is 7.22. The number of benzene rings is 1. The standard InChI is InChI=1S/C17H15BrN2O3/c1-8-9(2)16(19-10(3)15(8)21)20-17(22)14-7-11-6-12(18)4-5-13(11)23-14/h4-7,21H,1-3H3,(H,19,20,22). The third kappa shape index (κ3) is 2.82. The van der Waals surface area contributed by atoms with Crippen molar-refractivity contribution in [3.8, 4) is 5.75 Å². The molecule has 23 heavy (non-hydrogen) atoms. The highest BCUT2D eigenvalue weighted by molar-refractivity contribution is 9.10. The molecule has 0 bridgehead atoms. The van der Waals surface area contributed by atoms with Gasteiger partial charge in [0.15, 0.2) is 5.76 Å². The first-order chi connectivity index (χ1) is 10.9. The summed E-state index contributed by atoms with van der Waals surface area (Å²) >= 11 is 3.39. The summed E-state index contributed by atoms with van der Waals surface area (Å²) in [7, 11) is 0. The van der Waals surface area contributed by atoms with Gasteiger partial charge in [-0.15, -0.1) is 0 Å². The molecule has 6 heteroatoms. The number of pyridine rings is 1. The molecule has 0 saturated heterocycles. The first kappa shape index (κ1) is 15.6. The van der Waals surface area contributed by atoms with E-state index in [1.165, 1.54) is 0 Å². The first-order valence-corrected chi connectivity index (χ1v) is 7.83. The van der Waals surface area contributed by atoms with Gasteiger partial charge >= 0.3 is 0 Å². The van der Waals surface area contributed by atoms with E-state index in [4.69, 9.17) is 4.42 Å². The SMILES string of the molecule is Cc1nc(NC(=O)c2cc3cc(Br)ccc3o2)c(C)c(C)c1O. The minimum Gasteiger partial charge on any atom is -0.506 e. The number of halogens is 1. The van der Waals surface area contributed by atoms with Gasteiger partial charge in [-0.05, 0) is 56.2 Å². The van der Waals surface area contributed by atoms with Crippen LogP contribution < -0.4 is 5.32 Å². The van der Waals surface area contributed by atoms with Crippen molar-refractivity contribution in [3.05, 3.63) is 51.3 Å². The van der Waals surface area contributed by atoms with Gasteiger partial charge in [0.1, 0.15) is 17.2 Å². The molecule has 5 nitrogen and oxygen atoms in total. The highest BCUT2D eigenvalue weighted by Crippen LogP contribution is 2.28. The van der Waals surface area contributed by atoms with Crippen molar-refractivity contribution in [2.24, 2.45) is 0 Å². The van der Waals surface area contributed by atoms with Gasteiger partial charge in [0.25, 0.3) is 5.91 Å². The van der Waals surface area contributed by atoms with Gasteiger partial charge in [-0.25, -0.2) is 4.98 Å². The van der Waals surface area contributed by atoms with Crippen LogP contribution >= 0.6 is 15.9 Å². The predicted octanol–water partition coefficient (Wildman–Crippen LogP) is 4.47. The summed E-state index contributed by atoms with van der Waals surface area (Å²) in [6.45, 7) is 5.27. The van der Waals surface area contributed by atoms with Crippen LogP contribution in [0.15, 0.2) is 33.2 Å². The van der Waals surface area contributed by atoms with E-state index in [-0.39, 0.29) is 17.4 Å². The second-order valence-corrected chi connectivity index (χ2v) is 6.31. The van der Waals surface area contributed by atoms with E-state index in [2.05, 4.69) is 26.2 Å².